The Morgan fingerprint density at radius 1 is 1.42 bits per heavy atom. The van der Waals surface area contributed by atoms with E-state index in [1.807, 2.05) is 0 Å². The van der Waals surface area contributed by atoms with E-state index in [0.29, 0.717) is 5.70 Å². The third-order valence-corrected chi connectivity index (χ3v) is 1.87. The lowest BCUT2D eigenvalue weighted by Gasteiger charge is -2.06. The minimum Gasteiger partial charge on any atom is -0.388 e. The molecule has 0 spiro atoms. The highest BCUT2D eigenvalue weighted by Crippen LogP contribution is 2.35. The first-order valence-corrected chi connectivity index (χ1v) is 3.60. The molecule has 0 fully saturated rings. The van der Waals surface area contributed by atoms with Crippen molar-refractivity contribution in [2.24, 2.45) is 0 Å². The summed E-state index contributed by atoms with van der Waals surface area (Å²) >= 11 is 0. The highest BCUT2D eigenvalue weighted by molar-refractivity contribution is 5.38. The molecule has 1 aliphatic carbocycles. The largest absolute Gasteiger partial charge is 0.413 e. The van der Waals surface area contributed by atoms with Gasteiger partial charge in [0.25, 0.3) is 0 Å². The predicted molar refractivity (Wildman–Crippen MR) is 40.5 cm³/mol. The van der Waals surface area contributed by atoms with Gasteiger partial charge in [0.05, 0.1) is 0 Å². The van der Waals surface area contributed by atoms with Gasteiger partial charge in [0.15, 0.2) is 0 Å². The fourth-order valence-electron chi connectivity index (χ4n) is 1.20. The summed E-state index contributed by atoms with van der Waals surface area (Å²) in [5, 5.41) is 2.72. The highest BCUT2D eigenvalue weighted by Gasteiger charge is 2.35. The first-order chi connectivity index (χ1) is 5.45. The van der Waals surface area contributed by atoms with Crippen LogP contribution in [0.1, 0.15) is 13.3 Å². The van der Waals surface area contributed by atoms with Crippen LogP contribution in [0, 0.1) is 0 Å². The highest BCUT2D eigenvalue weighted by atomic mass is 19.4. The van der Waals surface area contributed by atoms with Gasteiger partial charge < -0.3 is 5.32 Å². The second-order valence-corrected chi connectivity index (χ2v) is 2.79. The zero-order valence-electron chi connectivity index (χ0n) is 6.92. The van der Waals surface area contributed by atoms with Crippen LogP contribution in [-0.4, -0.2) is 13.2 Å². The topological polar surface area (TPSA) is 12.0 Å². The second-order valence-electron chi connectivity index (χ2n) is 2.79. The molecule has 1 N–H and O–H groups in total. The number of alkyl halides is 3. The normalized spacial score (nSPS) is 18.2. The molecule has 0 saturated heterocycles. The van der Waals surface area contributed by atoms with Crippen molar-refractivity contribution in [2.75, 3.05) is 7.05 Å². The number of hydrogen-bond acceptors (Lipinski definition) is 1. The molecule has 0 saturated carbocycles. The van der Waals surface area contributed by atoms with E-state index in [0.717, 1.165) is 11.6 Å². The molecule has 68 valence electrons. The maximum atomic E-state index is 12.1. The molecule has 1 nitrogen and oxygen atoms in total. The van der Waals surface area contributed by atoms with Crippen molar-refractivity contribution in [2.45, 2.75) is 19.5 Å². The smallest absolute Gasteiger partial charge is 0.388 e. The number of rotatable bonds is 1. The average molecular weight is 177 g/mol. The van der Waals surface area contributed by atoms with Gasteiger partial charge in [-0.25, -0.2) is 0 Å². The van der Waals surface area contributed by atoms with Gasteiger partial charge in [-0.2, -0.15) is 13.2 Å². The Kier molecular flexibility index (Phi) is 2.17. The minimum atomic E-state index is -4.18. The third kappa shape index (κ3) is 1.62. The summed E-state index contributed by atoms with van der Waals surface area (Å²) in [6.45, 7) is 1.70. The number of hydrogen-bond donors (Lipinski definition) is 1. The lowest BCUT2D eigenvalue weighted by Crippen LogP contribution is -2.10. The van der Waals surface area contributed by atoms with Crippen molar-refractivity contribution in [1.82, 2.24) is 5.32 Å². The summed E-state index contributed by atoms with van der Waals surface area (Å²) in [7, 11) is 1.62. The van der Waals surface area contributed by atoms with Crippen LogP contribution < -0.4 is 5.32 Å². The first kappa shape index (κ1) is 9.16. The van der Waals surface area contributed by atoms with Crippen molar-refractivity contribution in [3.63, 3.8) is 0 Å². The predicted octanol–water partition coefficient (Wildman–Crippen LogP) is 2.37. The van der Waals surface area contributed by atoms with Gasteiger partial charge in [-0.05, 0) is 18.6 Å². The second kappa shape index (κ2) is 2.84. The fourth-order valence-corrected chi connectivity index (χ4v) is 1.20. The van der Waals surface area contributed by atoms with Gasteiger partial charge in [0.2, 0.25) is 0 Å². The van der Waals surface area contributed by atoms with Crippen LogP contribution in [0.15, 0.2) is 22.9 Å². The van der Waals surface area contributed by atoms with E-state index >= 15 is 0 Å². The van der Waals surface area contributed by atoms with Crippen molar-refractivity contribution in [3.8, 4) is 0 Å². The summed E-state index contributed by atoms with van der Waals surface area (Å²) < 4.78 is 36.4. The third-order valence-electron chi connectivity index (χ3n) is 1.87. The number of nitrogens with one attached hydrogen (secondary N) is 1. The van der Waals surface area contributed by atoms with Crippen LogP contribution >= 0.6 is 0 Å². The number of allylic oxidation sites excluding steroid dienone is 3. The van der Waals surface area contributed by atoms with E-state index < -0.39 is 11.7 Å². The van der Waals surface area contributed by atoms with Gasteiger partial charge in [-0.15, -0.1) is 0 Å². The monoisotopic (exact) mass is 177 g/mol. The van der Waals surface area contributed by atoms with E-state index in [4.69, 9.17) is 0 Å². The van der Waals surface area contributed by atoms with Crippen molar-refractivity contribution in [3.05, 3.63) is 22.9 Å². The number of likely N-dealkylation sites (N-methyl/N-ethyl adjacent to an activating group) is 1. The summed E-state index contributed by atoms with van der Waals surface area (Å²) in [6.07, 6.45) is -3.01. The molecule has 0 heterocycles. The van der Waals surface area contributed by atoms with Gasteiger partial charge in [0, 0.05) is 24.7 Å². The SMILES string of the molecule is CNC1=C(C)CC(C(F)(F)F)=C1. The molecule has 4 heteroatoms. The van der Waals surface area contributed by atoms with Crippen LogP contribution in [0.5, 0.6) is 0 Å². The molecule has 1 aliphatic rings. The zero-order valence-corrected chi connectivity index (χ0v) is 6.92. The van der Waals surface area contributed by atoms with Gasteiger partial charge in [0.1, 0.15) is 0 Å². The molecule has 1 rings (SSSR count). The summed E-state index contributed by atoms with van der Waals surface area (Å²) in [5.41, 5.74) is 0.858. The lowest BCUT2D eigenvalue weighted by molar-refractivity contribution is -0.0927. The fraction of sp³-hybridized carbons (Fsp3) is 0.500. The van der Waals surface area contributed by atoms with Crippen molar-refractivity contribution in [1.29, 1.82) is 0 Å². The molecule has 0 amide bonds. The Morgan fingerprint density at radius 2 is 2.00 bits per heavy atom. The Labute approximate surface area is 69.0 Å². The van der Waals surface area contributed by atoms with E-state index in [9.17, 15) is 13.2 Å². The van der Waals surface area contributed by atoms with E-state index in [-0.39, 0.29) is 6.42 Å². The van der Waals surface area contributed by atoms with E-state index in [2.05, 4.69) is 5.32 Å². The number of halogens is 3. The van der Waals surface area contributed by atoms with Crippen LogP contribution in [-0.2, 0) is 0 Å². The van der Waals surface area contributed by atoms with Gasteiger partial charge >= 0.3 is 6.18 Å². The quantitative estimate of drug-likeness (QED) is 0.648. The summed E-state index contributed by atoms with van der Waals surface area (Å²) in [5.74, 6) is 0. The Balaban J connectivity index is 2.81. The molecule has 0 bridgehead atoms. The van der Waals surface area contributed by atoms with Gasteiger partial charge in [-0.3, -0.25) is 0 Å². The van der Waals surface area contributed by atoms with Crippen LogP contribution in [0.3, 0.4) is 0 Å². The minimum absolute atomic E-state index is 0.0136. The first-order valence-electron chi connectivity index (χ1n) is 3.60. The van der Waals surface area contributed by atoms with Gasteiger partial charge in [-0.1, -0.05) is 0 Å². The molecule has 0 aromatic heterocycles. The summed E-state index contributed by atoms with van der Waals surface area (Å²) in [6, 6.07) is 0. The molecule has 0 atom stereocenters. The molecular formula is C8H10F3N. The van der Waals surface area contributed by atoms with Crippen LogP contribution in [0.2, 0.25) is 0 Å². The van der Waals surface area contributed by atoms with E-state index in [1.54, 1.807) is 14.0 Å². The lowest BCUT2D eigenvalue weighted by atomic mass is 10.2. The molecule has 0 aromatic carbocycles. The Bertz CT molecular complexity index is 248. The maximum absolute atomic E-state index is 12.1. The molecule has 12 heavy (non-hydrogen) atoms. The van der Waals surface area contributed by atoms with Crippen LogP contribution in [0.4, 0.5) is 13.2 Å². The molecular weight excluding hydrogens is 167 g/mol. The van der Waals surface area contributed by atoms with Crippen LogP contribution in [0.25, 0.3) is 0 Å². The molecule has 0 radical (unpaired) electrons. The van der Waals surface area contributed by atoms with Crippen molar-refractivity contribution < 1.29 is 13.2 Å². The molecule has 0 aliphatic heterocycles. The molecule has 0 aromatic rings. The van der Waals surface area contributed by atoms with E-state index in [1.165, 1.54) is 0 Å². The Hall–Kier alpha value is -0.930. The average Bonchev–Trinajstić information content (AvgIpc) is 2.29. The maximum Gasteiger partial charge on any atom is 0.413 e. The van der Waals surface area contributed by atoms with Crippen molar-refractivity contribution >= 4 is 0 Å². The summed E-state index contributed by atoms with van der Waals surface area (Å²) in [4.78, 5) is 0. The zero-order chi connectivity index (χ0) is 9.35. The Morgan fingerprint density at radius 3 is 2.25 bits per heavy atom. The standard InChI is InChI=1S/C8H10F3N/c1-5-3-6(8(9,10)11)4-7(5)12-2/h4,12H,3H2,1-2H3. The molecule has 0 unspecified atom stereocenters.